The highest BCUT2D eigenvalue weighted by Crippen LogP contribution is 2.61. The van der Waals surface area contributed by atoms with Crippen LogP contribution in [0.5, 0.6) is 0 Å². The van der Waals surface area contributed by atoms with Crippen LogP contribution in [0.15, 0.2) is 22.8 Å². The highest BCUT2D eigenvalue weighted by atomic mass is 16.3. The quantitative estimate of drug-likeness (QED) is 0.638. The van der Waals surface area contributed by atoms with Gasteiger partial charge >= 0.3 is 0 Å². The second-order valence-electron chi connectivity index (χ2n) is 8.01. The largest absolute Gasteiger partial charge is 0.389 e. The van der Waals surface area contributed by atoms with E-state index in [-0.39, 0.29) is 6.10 Å². The average Bonchev–Trinajstić information content (AvgIpc) is 2.82. The first-order chi connectivity index (χ1) is 9.59. The monoisotopic (exact) mass is 272 g/mol. The van der Waals surface area contributed by atoms with E-state index in [2.05, 4.69) is 19.9 Å². The molecule has 1 nitrogen and oxygen atoms in total. The summed E-state index contributed by atoms with van der Waals surface area (Å²) >= 11 is 0. The zero-order chi connectivity index (χ0) is 13.9. The van der Waals surface area contributed by atoms with E-state index in [1.54, 1.807) is 11.1 Å². The Labute approximate surface area is 123 Å². The molecule has 110 valence electrons. The molecule has 0 heterocycles. The summed E-state index contributed by atoms with van der Waals surface area (Å²) in [7, 11) is 0. The van der Waals surface area contributed by atoms with Crippen LogP contribution in [0.25, 0.3) is 0 Å². The maximum atomic E-state index is 9.96. The fourth-order valence-electron chi connectivity index (χ4n) is 6.12. The van der Waals surface area contributed by atoms with Crippen LogP contribution in [0, 0.1) is 23.2 Å². The second-order valence-corrected chi connectivity index (χ2v) is 8.01. The van der Waals surface area contributed by atoms with Gasteiger partial charge in [0.1, 0.15) is 0 Å². The predicted octanol–water partition coefficient (Wildman–Crippen LogP) is 4.62. The van der Waals surface area contributed by atoms with Gasteiger partial charge in [-0.1, -0.05) is 29.7 Å². The van der Waals surface area contributed by atoms with E-state index in [0.717, 1.165) is 24.2 Å². The maximum absolute atomic E-state index is 9.96. The highest BCUT2D eigenvalue weighted by Gasteiger charge is 2.51. The summed E-state index contributed by atoms with van der Waals surface area (Å²) in [6, 6.07) is 0. The van der Waals surface area contributed by atoms with Gasteiger partial charge in [-0.15, -0.1) is 0 Å². The number of hydrogen-bond acceptors (Lipinski definition) is 1. The Kier molecular flexibility index (Phi) is 2.93. The molecule has 0 aromatic carbocycles. The van der Waals surface area contributed by atoms with E-state index >= 15 is 0 Å². The van der Waals surface area contributed by atoms with Gasteiger partial charge in [-0.2, -0.15) is 0 Å². The lowest BCUT2D eigenvalue weighted by atomic mass is 9.50. The molecule has 0 aromatic heterocycles. The number of aliphatic hydroxyl groups excluding tert-OH is 1. The molecule has 0 spiro atoms. The van der Waals surface area contributed by atoms with Crippen molar-refractivity contribution in [2.45, 2.75) is 71.3 Å². The third-order valence-corrected chi connectivity index (χ3v) is 7.24. The number of hydrogen-bond donors (Lipinski definition) is 1. The second kappa shape index (κ2) is 4.47. The molecule has 0 aromatic rings. The minimum Gasteiger partial charge on any atom is -0.389 e. The molecule has 0 radical (unpaired) electrons. The predicted molar refractivity (Wildman–Crippen MR) is 82.3 cm³/mol. The van der Waals surface area contributed by atoms with Gasteiger partial charge in [0.25, 0.3) is 0 Å². The SMILES string of the molecule is CC1=C2CC[C@H]3[C@@H](CCC4=CC(O)CC[C@@]43C)[C@@H]2CC1. The number of rotatable bonds is 0. The van der Waals surface area contributed by atoms with E-state index in [1.807, 2.05) is 5.57 Å². The van der Waals surface area contributed by atoms with Crippen LogP contribution in [0.4, 0.5) is 0 Å². The van der Waals surface area contributed by atoms with Gasteiger partial charge in [-0.25, -0.2) is 0 Å². The molecule has 1 N–H and O–H groups in total. The summed E-state index contributed by atoms with van der Waals surface area (Å²) < 4.78 is 0. The Morgan fingerprint density at radius 1 is 1.10 bits per heavy atom. The Hall–Kier alpha value is -0.560. The minimum absolute atomic E-state index is 0.164. The fourth-order valence-corrected chi connectivity index (χ4v) is 6.12. The van der Waals surface area contributed by atoms with E-state index in [4.69, 9.17) is 0 Å². The van der Waals surface area contributed by atoms with Gasteiger partial charge in [0.15, 0.2) is 0 Å². The summed E-state index contributed by atoms with van der Waals surface area (Å²) in [5.41, 5.74) is 5.57. The Morgan fingerprint density at radius 3 is 2.80 bits per heavy atom. The van der Waals surface area contributed by atoms with Crippen molar-refractivity contribution >= 4 is 0 Å². The van der Waals surface area contributed by atoms with Gasteiger partial charge in [0.05, 0.1) is 6.10 Å². The lowest BCUT2D eigenvalue weighted by Gasteiger charge is -2.54. The van der Waals surface area contributed by atoms with Gasteiger partial charge in [-0.05, 0) is 81.5 Å². The van der Waals surface area contributed by atoms with Gasteiger partial charge < -0.3 is 5.11 Å². The van der Waals surface area contributed by atoms with Gasteiger partial charge in [-0.3, -0.25) is 0 Å². The van der Waals surface area contributed by atoms with Crippen molar-refractivity contribution < 1.29 is 5.11 Å². The molecule has 0 saturated heterocycles. The Bertz CT molecular complexity index is 486. The molecular formula is C19H28O. The topological polar surface area (TPSA) is 20.2 Å². The van der Waals surface area contributed by atoms with Crippen LogP contribution in [-0.4, -0.2) is 11.2 Å². The number of fused-ring (bicyclic) bond motifs is 5. The normalized spacial score (nSPS) is 47.5. The van der Waals surface area contributed by atoms with Gasteiger partial charge in [0, 0.05) is 0 Å². The molecule has 0 bridgehead atoms. The van der Waals surface area contributed by atoms with E-state index in [9.17, 15) is 5.11 Å². The molecule has 4 rings (SSSR count). The lowest BCUT2D eigenvalue weighted by Crippen LogP contribution is -2.46. The molecule has 2 fully saturated rings. The number of allylic oxidation sites excluding steroid dienone is 3. The Morgan fingerprint density at radius 2 is 1.95 bits per heavy atom. The van der Waals surface area contributed by atoms with E-state index in [1.165, 1.54) is 44.9 Å². The maximum Gasteiger partial charge on any atom is 0.0724 e. The zero-order valence-corrected chi connectivity index (χ0v) is 13.0. The van der Waals surface area contributed by atoms with Crippen LogP contribution in [0.1, 0.15) is 65.2 Å². The Balaban J connectivity index is 1.68. The summed E-state index contributed by atoms with van der Waals surface area (Å²) in [6.45, 7) is 4.89. The summed E-state index contributed by atoms with van der Waals surface area (Å²) in [5.74, 6) is 2.74. The first-order valence-electron chi connectivity index (χ1n) is 8.67. The molecule has 20 heavy (non-hydrogen) atoms. The van der Waals surface area contributed by atoms with Crippen molar-refractivity contribution in [1.82, 2.24) is 0 Å². The molecular weight excluding hydrogens is 244 g/mol. The zero-order valence-electron chi connectivity index (χ0n) is 13.0. The van der Waals surface area contributed by atoms with Crippen molar-refractivity contribution in [2.75, 3.05) is 0 Å². The van der Waals surface area contributed by atoms with E-state index in [0.29, 0.717) is 5.41 Å². The third kappa shape index (κ3) is 1.71. The van der Waals surface area contributed by atoms with Crippen molar-refractivity contribution in [3.8, 4) is 0 Å². The molecule has 5 atom stereocenters. The molecule has 0 aliphatic heterocycles. The first kappa shape index (κ1) is 13.1. The minimum atomic E-state index is -0.164. The average molecular weight is 272 g/mol. The molecule has 1 unspecified atom stereocenters. The lowest BCUT2D eigenvalue weighted by molar-refractivity contribution is 0.0285. The standard InChI is InChI=1S/C19H28O/c1-12-3-5-16-15(12)7-8-18-17(16)6-4-13-11-14(20)9-10-19(13,18)2/h11,14,16-18,20H,3-10H2,1-2H3/t14?,16-,17+,18+,19+/m1/s1. The van der Waals surface area contributed by atoms with Crippen LogP contribution in [0.2, 0.25) is 0 Å². The third-order valence-electron chi connectivity index (χ3n) is 7.24. The molecule has 4 aliphatic carbocycles. The van der Waals surface area contributed by atoms with Crippen molar-refractivity contribution in [3.63, 3.8) is 0 Å². The summed E-state index contributed by atoms with van der Waals surface area (Å²) in [4.78, 5) is 0. The van der Waals surface area contributed by atoms with Crippen LogP contribution in [-0.2, 0) is 0 Å². The molecule has 2 saturated carbocycles. The first-order valence-corrected chi connectivity index (χ1v) is 8.67. The van der Waals surface area contributed by atoms with Crippen LogP contribution >= 0.6 is 0 Å². The van der Waals surface area contributed by atoms with Crippen molar-refractivity contribution in [1.29, 1.82) is 0 Å². The highest BCUT2D eigenvalue weighted by molar-refractivity contribution is 5.30. The van der Waals surface area contributed by atoms with Crippen molar-refractivity contribution in [2.24, 2.45) is 23.2 Å². The molecule has 0 amide bonds. The smallest absolute Gasteiger partial charge is 0.0724 e. The van der Waals surface area contributed by atoms with Gasteiger partial charge in [0.2, 0.25) is 0 Å². The summed E-state index contributed by atoms with van der Waals surface area (Å²) in [6.07, 6.45) is 12.4. The summed E-state index contributed by atoms with van der Waals surface area (Å²) in [5, 5.41) is 9.96. The van der Waals surface area contributed by atoms with Crippen LogP contribution in [0.3, 0.4) is 0 Å². The van der Waals surface area contributed by atoms with E-state index < -0.39 is 0 Å². The number of aliphatic hydroxyl groups is 1. The molecule has 1 heteroatoms. The van der Waals surface area contributed by atoms with Crippen LogP contribution < -0.4 is 0 Å². The fraction of sp³-hybridized carbons (Fsp3) is 0.789. The molecule has 4 aliphatic rings. The van der Waals surface area contributed by atoms with Crippen molar-refractivity contribution in [3.05, 3.63) is 22.8 Å².